The SMILES string of the molecule is CCOc1ccc(C(N)CC(=O)OC)cc1Cl. The van der Waals surface area contributed by atoms with Crippen LogP contribution >= 0.6 is 11.6 Å². The summed E-state index contributed by atoms with van der Waals surface area (Å²) in [5.74, 6) is 0.269. The van der Waals surface area contributed by atoms with Crippen molar-refractivity contribution in [1.82, 2.24) is 0 Å². The number of methoxy groups -OCH3 is 1. The Balaban J connectivity index is 2.78. The van der Waals surface area contributed by atoms with Crippen molar-refractivity contribution in [2.45, 2.75) is 19.4 Å². The van der Waals surface area contributed by atoms with Crippen molar-refractivity contribution in [1.29, 1.82) is 0 Å². The molecule has 1 unspecified atom stereocenters. The molecule has 0 aliphatic carbocycles. The summed E-state index contributed by atoms with van der Waals surface area (Å²) in [4.78, 5) is 11.1. The molecule has 94 valence electrons. The van der Waals surface area contributed by atoms with Crippen LogP contribution in [0.1, 0.15) is 24.9 Å². The van der Waals surface area contributed by atoms with Crippen molar-refractivity contribution in [3.63, 3.8) is 0 Å². The van der Waals surface area contributed by atoms with Gasteiger partial charge < -0.3 is 15.2 Å². The number of esters is 1. The zero-order valence-electron chi connectivity index (χ0n) is 9.90. The normalized spacial score (nSPS) is 12.0. The molecule has 4 nitrogen and oxygen atoms in total. The number of hydrogen-bond acceptors (Lipinski definition) is 4. The van der Waals surface area contributed by atoms with Gasteiger partial charge in [-0.3, -0.25) is 4.79 Å². The molecule has 0 radical (unpaired) electrons. The molecule has 0 heterocycles. The molecule has 0 bridgehead atoms. The summed E-state index contributed by atoms with van der Waals surface area (Å²) in [6.45, 7) is 2.43. The molecule has 0 amide bonds. The standard InChI is InChI=1S/C12H16ClNO3/c1-3-17-11-5-4-8(6-9(11)13)10(14)7-12(15)16-2/h4-6,10H,3,7,14H2,1-2H3. The van der Waals surface area contributed by atoms with Gasteiger partial charge in [0.05, 0.1) is 25.2 Å². The third-order valence-electron chi connectivity index (χ3n) is 2.30. The van der Waals surface area contributed by atoms with Gasteiger partial charge in [0.2, 0.25) is 0 Å². The maximum atomic E-state index is 11.1. The molecule has 1 aromatic rings. The Labute approximate surface area is 106 Å². The molecule has 5 heteroatoms. The van der Waals surface area contributed by atoms with E-state index < -0.39 is 6.04 Å². The predicted molar refractivity (Wildman–Crippen MR) is 66.2 cm³/mol. The van der Waals surface area contributed by atoms with Crippen LogP contribution in [0, 0.1) is 0 Å². The van der Waals surface area contributed by atoms with E-state index >= 15 is 0 Å². The first-order chi connectivity index (χ1) is 8.08. The van der Waals surface area contributed by atoms with Crippen molar-refractivity contribution in [2.24, 2.45) is 5.73 Å². The number of rotatable bonds is 5. The van der Waals surface area contributed by atoms with E-state index in [-0.39, 0.29) is 12.4 Å². The van der Waals surface area contributed by atoms with Gasteiger partial charge in [-0.05, 0) is 24.6 Å². The molecule has 0 aromatic heterocycles. The van der Waals surface area contributed by atoms with Crippen LogP contribution in [0.5, 0.6) is 5.75 Å². The second-order valence-corrected chi connectivity index (χ2v) is 3.92. The zero-order valence-corrected chi connectivity index (χ0v) is 10.7. The molecule has 0 aliphatic rings. The third-order valence-corrected chi connectivity index (χ3v) is 2.59. The summed E-state index contributed by atoms with van der Waals surface area (Å²) < 4.78 is 9.87. The van der Waals surface area contributed by atoms with E-state index in [2.05, 4.69) is 4.74 Å². The minimum Gasteiger partial charge on any atom is -0.492 e. The summed E-state index contributed by atoms with van der Waals surface area (Å²) in [7, 11) is 1.33. The lowest BCUT2D eigenvalue weighted by molar-refractivity contribution is -0.141. The topological polar surface area (TPSA) is 61.5 Å². The summed E-state index contributed by atoms with van der Waals surface area (Å²) in [6.07, 6.45) is 0.126. The lowest BCUT2D eigenvalue weighted by Crippen LogP contribution is -2.16. The van der Waals surface area contributed by atoms with Gasteiger partial charge in [0.1, 0.15) is 5.75 Å². The Morgan fingerprint density at radius 3 is 2.76 bits per heavy atom. The Morgan fingerprint density at radius 1 is 1.53 bits per heavy atom. The average molecular weight is 258 g/mol. The van der Waals surface area contributed by atoms with Crippen molar-refractivity contribution in [3.05, 3.63) is 28.8 Å². The predicted octanol–water partition coefficient (Wildman–Crippen LogP) is 2.30. The first-order valence-corrected chi connectivity index (χ1v) is 5.71. The summed E-state index contributed by atoms with van der Waals surface area (Å²) in [5, 5.41) is 0.490. The van der Waals surface area contributed by atoms with Crippen LogP contribution in [-0.4, -0.2) is 19.7 Å². The molecule has 17 heavy (non-hydrogen) atoms. The monoisotopic (exact) mass is 257 g/mol. The van der Waals surface area contributed by atoms with Gasteiger partial charge in [-0.25, -0.2) is 0 Å². The molecule has 1 aromatic carbocycles. The van der Waals surface area contributed by atoms with Gasteiger partial charge >= 0.3 is 5.97 Å². The van der Waals surface area contributed by atoms with Crippen molar-refractivity contribution < 1.29 is 14.3 Å². The van der Waals surface area contributed by atoms with Gasteiger partial charge in [0.25, 0.3) is 0 Å². The summed E-state index contributed by atoms with van der Waals surface area (Å²) in [6, 6.07) is 4.83. The van der Waals surface area contributed by atoms with Crippen LogP contribution < -0.4 is 10.5 Å². The second-order valence-electron chi connectivity index (χ2n) is 3.51. The van der Waals surface area contributed by atoms with E-state index in [1.54, 1.807) is 18.2 Å². The number of hydrogen-bond donors (Lipinski definition) is 1. The zero-order chi connectivity index (χ0) is 12.8. The van der Waals surface area contributed by atoms with E-state index in [4.69, 9.17) is 22.1 Å². The Kier molecular flexibility index (Phi) is 5.25. The fraction of sp³-hybridized carbons (Fsp3) is 0.417. The third kappa shape index (κ3) is 3.91. The van der Waals surface area contributed by atoms with Gasteiger partial charge in [0.15, 0.2) is 0 Å². The minimum atomic E-state index is -0.421. The van der Waals surface area contributed by atoms with Crippen molar-refractivity contribution in [3.8, 4) is 5.75 Å². The van der Waals surface area contributed by atoms with E-state index in [1.165, 1.54) is 7.11 Å². The minimum absolute atomic E-state index is 0.126. The number of ether oxygens (including phenoxy) is 2. The number of halogens is 1. The quantitative estimate of drug-likeness (QED) is 0.823. The largest absolute Gasteiger partial charge is 0.492 e. The Hall–Kier alpha value is -1.26. The highest BCUT2D eigenvalue weighted by atomic mass is 35.5. The maximum Gasteiger partial charge on any atom is 0.307 e. The summed E-state index contributed by atoms with van der Waals surface area (Å²) in [5.41, 5.74) is 6.65. The molecule has 2 N–H and O–H groups in total. The highest BCUT2D eigenvalue weighted by Crippen LogP contribution is 2.28. The molecule has 0 spiro atoms. The number of benzene rings is 1. The summed E-state index contributed by atoms with van der Waals surface area (Å²) >= 11 is 6.03. The van der Waals surface area contributed by atoms with Crippen LogP contribution in [0.15, 0.2) is 18.2 Å². The fourth-order valence-electron chi connectivity index (χ4n) is 1.40. The van der Waals surface area contributed by atoms with Gasteiger partial charge in [-0.1, -0.05) is 17.7 Å². The molecule has 1 atom stereocenters. The smallest absolute Gasteiger partial charge is 0.307 e. The average Bonchev–Trinajstić information content (AvgIpc) is 2.31. The number of carbonyl (C=O) groups excluding carboxylic acids is 1. The highest BCUT2D eigenvalue weighted by molar-refractivity contribution is 6.32. The first kappa shape index (κ1) is 13.8. The molecular formula is C12H16ClNO3. The van der Waals surface area contributed by atoms with Gasteiger partial charge in [-0.2, -0.15) is 0 Å². The lowest BCUT2D eigenvalue weighted by Gasteiger charge is -2.12. The number of nitrogens with two attached hydrogens (primary N) is 1. The van der Waals surface area contributed by atoms with Crippen LogP contribution in [0.2, 0.25) is 5.02 Å². The van der Waals surface area contributed by atoms with E-state index in [9.17, 15) is 4.79 Å². The molecule has 1 rings (SSSR count). The molecular weight excluding hydrogens is 242 g/mol. The van der Waals surface area contributed by atoms with Crippen molar-refractivity contribution in [2.75, 3.05) is 13.7 Å². The highest BCUT2D eigenvalue weighted by Gasteiger charge is 2.13. The molecule has 0 saturated heterocycles. The van der Waals surface area contributed by atoms with Crippen LogP contribution in [-0.2, 0) is 9.53 Å². The van der Waals surface area contributed by atoms with E-state index in [0.29, 0.717) is 17.4 Å². The van der Waals surface area contributed by atoms with Crippen LogP contribution in [0.25, 0.3) is 0 Å². The Morgan fingerprint density at radius 2 is 2.24 bits per heavy atom. The molecule has 0 aliphatic heterocycles. The van der Waals surface area contributed by atoms with Crippen molar-refractivity contribution >= 4 is 17.6 Å². The molecule has 0 saturated carbocycles. The fourth-order valence-corrected chi connectivity index (χ4v) is 1.64. The van der Waals surface area contributed by atoms with Crippen LogP contribution in [0.4, 0.5) is 0 Å². The number of carbonyl (C=O) groups is 1. The Bertz CT molecular complexity index is 395. The first-order valence-electron chi connectivity index (χ1n) is 5.33. The van der Waals surface area contributed by atoms with Crippen LogP contribution in [0.3, 0.4) is 0 Å². The van der Waals surface area contributed by atoms with Gasteiger partial charge in [0, 0.05) is 6.04 Å². The molecule has 0 fully saturated rings. The van der Waals surface area contributed by atoms with E-state index in [1.807, 2.05) is 6.92 Å². The lowest BCUT2D eigenvalue weighted by atomic mass is 10.0. The second kappa shape index (κ2) is 6.47. The van der Waals surface area contributed by atoms with Gasteiger partial charge in [-0.15, -0.1) is 0 Å². The maximum absolute atomic E-state index is 11.1. The van der Waals surface area contributed by atoms with E-state index in [0.717, 1.165) is 5.56 Å².